The number of benzene rings is 1. The summed E-state index contributed by atoms with van der Waals surface area (Å²) in [5.74, 6) is 0.466. The maximum absolute atomic E-state index is 13.0. The number of carbonyl (C=O) groups excluding carboxylic acids is 2. The molecule has 1 saturated heterocycles. The topological polar surface area (TPSA) is 143 Å². The van der Waals surface area contributed by atoms with E-state index < -0.39 is 11.8 Å². The molecular formula is C29H29N9O3. The maximum atomic E-state index is 13.0. The lowest BCUT2D eigenvalue weighted by atomic mass is 10.1. The van der Waals surface area contributed by atoms with Crippen molar-refractivity contribution in [2.45, 2.75) is 26.4 Å². The van der Waals surface area contributed by atoms with Gasteiger partial charge in [0, 0.05) is 67.5 Å². The van der Waals surface area contributed by atoms with Gasteiger partial charge in [-0.3, -0.25) is 19.3 Å². The molecule has 1 aromatic carbocycles. The highest BCUT2D eigenvalue weighted by molar-refractivity contribution is 6.40. The Hall–Kier alpha value is -5.26. The lowest BCUT2D eigenvalue weighted by Gasteiger charge is -2.17. The number of fused-ring (bicyclic) bond motifs is 1. The lowest BCUT2D eigenvalue weighted by molar-refractivity contribution is -0.142. The van der Waals surface area contributed by atoms with E-state index in [-0.39, 0.29) is 6.10 Å². The van der Waals surface area contributed by atoms with E-state index in [2.05, 4.69) is 30.7 Å². The first kappa shape index (κ1) is 26.0. The van der Waals surface area contributed by atoms with Crippen molar-refractivity contribution in [1.82, 2.24) is 34.6 Å². The molecule has 1 atom stereocenters. The van der Waals surface area contributed by atoms with Crippen molar-refractivity contribution in [1.29, 1.82) is 0 Å². The van der Waals surface area contributed by atoms with Crippen LogP contribution in [-0.2, 0) is 16.6 Å². The molecule has 1 aliphatic rings. The maximum Gasteiger partial charge on any atom is 0.313 e. The second-order valence-electron chi connectivity index (χ2n) is 9.99. The van der Waals surface area contributed by atoms with Gasteiger partial charge in [-0.15, -0.1) is 0 Å². The number of nitrogens with one attached hydrogen (secondary N) is 3. The number of H-pyrrole nitrogens is 1. The molecule has 0 aliphatic carbocycles. The minimum absolute atomic E-state index is 0.180. The Morgan fingerprint density at radius 1 is 1.15 bits per heavy atom. The predicted molar refractivity (Wildman–Crippen MR) is 154 cm³/mol. The van der Waals surface area contributed by atoms with Gasteiger partial charge in [0.15, 0.2) is 5.82 Å². The molecule has 41 heavy (non-hydrogen) atoms. The minimum Gasteiger partial charge on any atom is -0.488 e. The summed E-state index contributed by atoms with van der Waals surface area (Å²) < 4.78 is 7.70. The van der Waals surface area contributed by atoms with E-state index in [0.29, 0.717) is 48.2 Å². The van der Waals surface area contributed by atoms with Crippen LogP contribution in [0.25, 0.3) is 22.2 Å². The zero-order valence-electron chi connectivity index (χ0n) is 22.9. The summed E-state index contributed by atoms with van der Waals surface area (Å²) in [4.78, 5) is 43.9. The summed E-state index contributed by atoms with van der Waals surface area (Å²) in [6.07, 6.45) is 7.36. The first-order valence-corrected chi connectivity index (χ1v) is 13.2. The van der Waals surface area contributed by atoms with E-state index in [1.807, 2.05) is 45.3 Å². The van der Waals surface area contributed by atoms with Crippen LogP contribution >= 0.6 is 0 Å². The number of para-hydroxylation sites is 1. The van der Waals surface area contributed by atoms with Crippen LogP contribution in [0.2, 0.25) is 0 Å². The lowest BCUT2D eigenvalue weighted by Crippen LogP contribution is -2.39. The number of amides is 2. The Kier molecular flexibility index (Phi) is 6.79. The Balaban J connectivity index is 1.18. The number of rotatable bonds is 6. The molecule has 0 saturated carbocycles. The van der Waals surface area contributed by atoms with Gasteiger partial charge in [-0.1, -0.05) is 12.1 Å². The van der Waals surface area contributed by atoms with Crippen molar-refractivity contribution in [3.63, 3.8) is 0 Å². The summed E-state index contributed by atoms with van der Waals surface area (Å²) in [5.41, 5.74) is 4.67. The molecule has 0 unspecified atom stereocenters. The van der Waals surface area contributed by atoms with Crippen LogP contribution < -0.4 is 15.4 Å². The Morgan fingerprint density at radius 2 is 1.98 bits per heavy atom. The third kappa shape index (κ3) is 5.31. The number of aryl methyl sites for hydroxylation is 3. The number of nitrogens with zero attached hydrogens (tertiary/aromatic N) is 6. The van der Waals surface area contributed by atoms with Crippen LogP contribution in [0, 0.1) is 13.8 Å². The molecule has 12 nitrogen and oxygen atoms in total. The van der Waals surface area contributed by atoms with Crippen molar-refractivity contribution in [2.24, 2.45) is 7.05 Å². The highest BCUT2D eigenvalue weighted by Gasteiger charge is 2.31. The standard InChI is InChI=1S/C29H29N9O3/c1-17-14-32-29(34-24-13-18(2)37(3)36-24)35-25(17)22-15-31-26-21(22)5-4-6-23(26)33-27(39)28(40)38-12-9-20(16-38)41-19-7-10-30-11-8-19/h4-8,10-11,13-15,20,31H,9,12,16H2,1-3H3,(H,33,39)(H,32,34,35,36)/t20-/m0/s1. The third-order valence-electron chi connectivity index (χ3n) is 7.12. The Labute approximate surface area is 235 Å². The highest BCUT2D eigenvalue weighted by Crippen LogP contribution is 2.33. The molecule has 3 N–H and O–H groups in total. The van der Waals surface area contributed by atoms with Gasteiger partial charge in [-0.2, -0.15) is 5.10 Å². The first-order valence-electron chi connectivity index (χ1n) is 13.2. The van der Waals surface area contributed by atoms with E-state index in [1.54, 1.807) is 41.5 Å². The molecule has 0 spiro atoms. The van der Waals surface area contributed by atoms with Crippen LogP contribution in [0.3, 0.4) is 0 Å². The average molecular weight is 552 g/mol. The zero-order chi connectivity index (χ0) is 28.5. The van der Waals surface area contributed by atoms with Gasteiger partial charge in [0.05, 0.1) is 23.4 Å². The van der Waals surface area contributed by atoms with Crippen LogP contribution in [0.15, 0.2) is 61.2 Å². The third-order valence-corrected chi connectivity index (χ3v) is 7.12. The second-order valence-corrected chi connectivity index (χ2v) is 9.99. The molecule has 5 heterocycles. The van der Waals surface area contributed by atoms with E-state index in [4.69, 9.17) is 9.72 Å². The molecule has 0 bridgehead atoms. The largest absolute Gasteiger partial charge is 0.488 e. The number of pyridine rings is 1. The molecule has 6 rings (SSSR count). The molecule has 4 aromatic heterocycles. The quantitative estimate of drug-likeness (QED) is 0.271. The monoisotopic (exact) mass is 551 g/mol. The number of likely N-dealkylation sites (tertiary alicyclic amines) is 1. The fourth-order valence-corrected chi connectivity index (χ4v) is 4.90. The predicted octanol–water partition coefficient (Wildman–Crippen LogP) is 3.73. The van der Waals surface area contributed by atoms with Crippen LogP contribution in [0.1, 0.15) is 17.7 Å². The molecule has 1 aliphatic heterocycles. The van der Waals surface area contributed by atoms with Gasteiger partial charge in [-0.05, 0) is 37.6 Å². The normalized spacial score (nSPS) is 14.8. The fourth-order valence-electron chi connectivity index (χ4n) is 4.90. The fraction of sp³-hybridized carbons (Fsp3) is 0.241. The summed E-state index contributed by atoms with van der Waals surface area (Å²) in [5, 5.41) is 11.2. The van der Waals surface area contributed by atoms with E-state index in [9.17, 15) is 9.59 Å². The summed E-state index contributed by atoms with van der Waals surface area (Å²) in [6, 6.07) is 11.0. The van der Waals surface area contributed by atoms with Crippen LogP contribution in [0.5, 0.6) is 5.75 Å². The van der Waals surface area contributed by atoms with Crippen molar-refractivity contribution in [3.8, 4) is 17.0 Å². The van der Waals surface area contributed by atoms with Gasteiger partial charge in [-0.25, -0.2) is 9.97 Å². The minimum atomic E-state index is -0.700. The molecule has 1 fully saturated rings. The van der Waals surface area contributed by atoms with Crippen molar-refractivity contribution >= 4 is 40.2 Å². The van der Waals surface area contributed by atoms with Crippen molar-refractivity contribution < 1.29 is 14.3 Å². The molecule has 5 aromatic rings. The number of aromatic nitrogens is 6. The SMILES string of the molecule is Cc1cnc(Nc2cc(C)n(C)n2)nc1-c1c[nH]c2c(NC(=O)C(=O)N3CC[C@H](Oc4ccncc4)C3)cccc12. The number of ether oxygens (including phenoxy) is 1. The number of carbonyl (C=O) groups is 2. The number of hydrogen-bond acceptors (Lipinski definition) is 8. The van der Waals surface area contributed by atoms with Gasteiger partial charge < -0.3 is 25.3 Å². The number of hydrogen-bond donors (Lipinski definition) is 3. The van der Waals surface area contributed by atoms with Gasteiger partial charge >= 0.3 is 11.8 Å². The van der Waals surface area contributed by atoms with Crippen LogP contribution in [-0.4, -0.2) is 65.6 Å². The van der Waals surface area contributed by atoms with Gasteiger partial charge in [0.1, 0.15) is 11.9 Å². The molecule has 208 valence electrons. The van der Waals surface area contributed by atoms with E-state index >= 15 is 0 Å². The Morgan fingerprint density at radius 3 is 2.76 bits per heavy atom. The number of anilines is 3. The number of aromatic amines is 1. The van der Waals surface area contributed by atoms with Gasteiger partial charge in [0.25, 0.3) is 0 Å². The summed E-state index contributed by atoms with van der Waals surface area (Å²) in [7, 11) is 1.87. The summed E-state index contributed by atoms with van der Waals surface area (Å²) >= 11 is 0. The van der Waals surface area contributed by atoms with Crippen molar-refractivity contribution in [3.05, 3.63) is 72.4 Å². The first-order chi connectivity index (χ1) is 19.9. The zero-order valence-corrected chi connectivity index (χ0v) is 22.9. The molecule has 2 amide bonds. The highest BCUT2D eigenvalue weighted by atomic mass is 16.5. The second kappa shape index (κ2) is 10.7. The van der Waals surface area contributed by atoms with E-state index in [1.165, 1.54) is 4.90 Å². The molecule has 12 heteroatoms. The van der Waals surface area contributed by atoms with Crippen molar-refractivity contribution in [2.75, 3.05) is 23.7 Å². The Bertz CT molecular complexity index is 1730. The summed E-state index contributed by atoms with van der Waals surface area (Å²) in [6.45, 7) is 4.69. The van der Waals surface area contributed by atoms with Gasteiger partial charge in [0.2, 0.25) is 5.95 Å². The smallest absolute Gasteiger partial charge is 0.313 e. The van der Waals surface area contributed by atoms with E-state index in [0.717, 1.165) is 27.9 Å². The average Bonchev–Trinajstić information content (AvgIpc) is 3.69. The molecular weight excluding hydrogens is 522 g/mol. The molecule has 0 radical (unpaired) electrons. The van der Waals surface area contributed by atoms with Crippen LogP contribution in [0.4, 0.5) is 17.5 Å².